The van der Waals surface area contributed by atoms with Crippen LogP contribution < -0.4 is 9.46 Å². The Morgan fingerprint density at radius 2 is 1.83 bits per heavy atom. The average molecular weight is 431 g/mol. The summed E-state index contributed by atoms with van der Waals surface area (Å²) in [5.74, 6) is 0.651. The topological polar surface area (TPSA) is 68.3 Å². The van der Waals surface area contributed by atoms with Crippen LogP contribution in [0.5, 0.6) is 5.75 Å². The van der Waals surface area contributed by atoms with Crippen molar-refractivity contribution in [2.75, 3.05) is 7.11 Å². The normalized spacial score (nSPS) is 12.0. The molecule has 0 spiro atoms. The number of ether oxygens (including phenoxy) is 1. The van der Waals surface area contributed by atoms with Gasteiger partial charge in [-0.25, -0.2) is 13.1 Å². The van der Waals surface area contributed by atoms with Crippen LogP contribution in [0.2, 0.25) is 5.02 Å². The van der Waals surface area contributed by atoms with Gasteiger partial charge in [0.25, 0.3) is 0 Å². The SMILES string of the molecule is COc1cnccc1-c1cccc(C(C)(C)NS(=O)(=O)c2cccc(Cl)c2C)c1. The summed E-state index contributed by atoms with van der Waals surface area (Å²) in [5, 5.41) is 0.414. The molecule has 2 aromatic carbocycles. The fourth-order valence-corrected chi connectivity index (χ4v) is 5.09. The van der Waals surface area contributed by atoms with Crippen LogP contribution in [0, 0.1) is 6.92 Å². The van der Waals surface area contributed by atoms with Gasteiger partial charge in [-0.2, -0.15) is 0 Å². The zero-order valence-corrected chi connectivity index (χ0v) is 18.3. The number of hydrogen-bond acceptors (Lipinski definition) is 4. The van der Waals surface area contributed by atoms with E-state index in [-0.39, 0.29) is 4.90 Å². The highest BCUT2D eigenvalue weighted by Crippen LogP contribution is 2.33. The lowest BCUT2D eigenvalue weighted by molar-refractivity contribution is 0.414. The Balaban J connectivity index is 1.99. The first-order valence-electron chi connectivity index (χ1n) is 9.04. The van der Waals surface area contributed by atoms with Gasteiger partial charge in [-0.3, -0.25) is 4.98 Å². The molecular weight excluding hydrogens is 408 g/mol. The van der Waals surface area contributed by atoms with Crippen molar-refractivity contribution < 1.29 is 13.2 Å². The number of nitrogens with one attached hydrogen (secondary N) is 1. The first-order valence-corrected chi connectivity index (χ1v) is 10.9. The summed E-state index contributed by atoms with van der Waals surface area (Å²) >= 11 is 6.12. The minimum Gasteiger partial charge on any atom is -0.494 e. The Morgan fingerprint density at radius 1 is 1.10 bits per heavy atom. The smallest absolute Gasteiger partial charge is 0.241 e. The van der Waals surface area contributed by atoms with Crippen LogP contribution in [0.4, 0.5) is 0 Å². The molecule has 5 nitrogen and oxygen atoms in total. The maximum Gasteiger partial charge on any atom is 0.241 e. The molecule has 0 radical (unpaired) electrons. The second-order valence-corrected chi connectivity index (χ2v) is 9.31. The maximum absolute atomic E-state index is 13.1. The lowest BCUT2D eigenvalue weighted by Crippen LogP contribution is -2.41. The van der Waals surface area contributed by atoms with E-state index in [0.29, 0.717) is 16.3 Å². The Hall–Kier alpha value is -2.41. The minimum absolute atomic E-state index is 0.171. The van der Waals surface area contributed by atoms with Crippen molar-refractivity contribution in [2.24, 2.45) is 0 Å². The number of aromatic nitrogens is 1. The monoisotopic (exact) mass is 430 g/mol. The molecule has 0 amide bonds. The van der Waals surface area contributed by atoms with Crippen LogP contribution in [0.25, 0.3) is 11.1 Å². The maximum atomic E-state index is 13.1. The summed E-state index contributed by atoms with van der Waals surface area (Å²) in [4.78, 5) is 4.25. The van der Waals surface area contributed by atoms with Crippen molar-refractivity contribution in [3.05, 3.63) is 77.1 Å². The predicted octanol–water partition coefficient (Wildman–Crippen LogP) is 4.93. The van der Waals surface area contributed by atoms with Gasteiger partial charge in [0.15, 0.2) is 0 Å². The van der Waals surface area contributed by atoms with Crippen molar-refractivity contribution in [2.45, 2.75) is 31.2 Å². The highest BCUT2D eigenvalue weighted by atomic mass is 35.5. The predicted molar refractivity (Wildman–Crippen MR) is 116 cm³/mol. The van der Waals surface area contributed by atoms with Crippen LogP contribution in [-0.4, -0.2) is 20.5 Å². The van der Waals surface area contributed by atoms with E-state index in [1.165, 1.54) is 0 Å². The van der Waals surface area contributed by atoms with Crippen LogP contribution in [0.3, 0.4) is 0 Å². The summed E-state index contributed by atoms with van der Waals surface area (Å²) < 4.78 is 34.3. The van der Waals surface area contributed by atoms with E-state index < -0.39 is 15.6 Å². The van der Waals surface area contributed by atoms with Gasteiger partial charge in [0.05, 0.1) is 23.7 Å². The zero-order valence-electron chi connectivity index (χ0n) is 16.7. The third kappa shape index (κ3) is 4.45. The number of hydrogen-bond donors (Lipinski definition) is 1. The highest BCUT2D eigenvalue weighted by Gasteiger charge is 2.29. The molecule has 1 aromatic heterocycles. The average Bonchev–Trinajstić information content (AvgIpc) is 2.69. The molecule has 1 N–H and O–H groups in total. The third-order valence-electron chi connectivity index (χ3n) is 4.80. The summed E-state index contributed by atoms with van der Waals surface area (Å²) in [6.07, 6.45) is 3.35. The number of benzene rings is 2. The molecule has 0 aliphatic carbocycles. The summed E-state index contributed by atoms with van der Waals surface area (Å²) in [6, 6.07) is 14.4. The number of rotatable bonds is 6. The Bertz CT molecular complexity index is 1140. The number of sulfonamides is 1. The van der Waals surface area contributed by atoms with E-state index in [4.69, 9.17) is 16.3 Å². The van der Waals surface area contributed by atoms with Gasteiger partial charge in [0.1, 0.15) is 5.75 Å². The molecule has 0 aliphatic heterocycles. The molecule has 0 atom stereocenters. The van der Waals surface area contributed by atoms with Gasteiger partial charge in [0, 0.05) is 16.8 Å². The zero-order chi connectivity index (χ0) is 21.2. The van der Waals surface area contributed by atoms with Gasteiger partial charge in [-0.05, 0) is 61.7 Å². The number of nitrogens with zero attached hydrogens (tertiary/aromatic N) is 1. The molecule has 0 fully saturated rings. The van der Waals surface area contributed by atoms with Crippen molar-refractivity contribution in [3.8, 4) is 16.9 Å². The van der Waals surface area contributed by atoms with E-state index in [0.717, 1.165) is 16.7 Å². The van der Waals surface area contributed by atoms with Gasteiger partial charge < -0.3 is 4.74 Å². The number of halogens is 1. The molecule has 0 saturated carbocycles. The standard InChI is InChI=1S/C22H23ClN2O3S/c1-15-19(23)9-6-10-21(15)29(26,27)25-22(2,3)17-8-5-7-16(13-17)18-11-12-24-14-20(18)28-4/h5-14,25H,1-4H3. The van der Waals surface area contributed by atoms with E-state index in [1.54, 1.807) is 44.6 Å². The second kappa shape index (κ2) is 8.14. The van der Waals surface area contributed by atoms with Gasteiger partial charge in [-0.1, -0.05) is 35.9 Å². The Kier molecular flexibility index (Phi) is 5.98. The minimum atomic E-state index is -3.78. The van der Waals surface area contributed by atoms with Crippen LogP contribution in [0.1, 0.15) is 25.0 Å². The lowest BCUT2D eigenvalue weighted by atomic mass is 9.92. The fraction of sp³-hybridized carbons (Fsp3) is 0.227. The van der Waals surface area contributed by atoms with Gasteiger partial charge in [0.2, 0.25) is 10.0 Å². The molecule has 152 valence electrons. The molecule has 3 rings (SSSR count). The first kappa shape index (κ1) is 21.3. The lowest BCUT2D eigenvalue weighted by Gasteiger charge is -2.27. The fourth-order valence-electron chi connectivity index (χ4n) is 3.19. The van der Waals surface area contributed by atoms with Crippen molar-refractivity contribution in [1.29, 1.82) is 0 Å². The van der Waals surface area contributed by atoms with E-state index in [2.05, 4.69) is 9.71 Å². The molecule has 0 aliphatic rings. The van der Waals surface area contributed by atoms with E-state index in [9.17, 15) is 8.42 Å². The van der Waals surface area contributed by atoms with Crippen LogP contribution >= 0.6 is 11.6 Å². The quantitative estimate of drug-likeness (QED) is 0.601. The molecule has 0 unspecified atom stereocenters. The summed E-state index contributed by atoms with van der Waals surface area (Å²) in [6.45, 7) is 5.35. The largest absolute Gasteiger partial charge is 0.494 e. The van der Waals surface area contributed by atoms with Gasteiger partial charge in [-0.15, -0.1) is 0 Å². The van der Waals surface area contributed by atoms with E-state index >= 15 is 0 Å². The third-order valence-corrected chi connectivity index (χ3v) is 7.01. The Morgan fingerprint density at radius 3 is 2.55 bits per heavy atom. The van der Waals surface area contributed by atoms with Gasteiger partial charge >= 0.3 is 0 Å². The van der Waals surface area contributed by atoms with Crippen LogP contribution in [0.15, 0.2) is 65.8 Å². The molecule has 1 heterocycles. The number of pyridine rings is 1. The molecule has 7 heteroatoms. The Labute approximate surface area is 176 Å². The summed E-state index contributed by atoms with van der Waals surface area (Å²) in [7, 11) is -2.19. The molecule has 3 aromatic rings. The highest BCUT2D eigenvalue weighted by molar-refractivity contribution is 7.89. The molecule has 0 saturated heterocycles. The summed E-state index contributed by atoms with van der Waals surface area (Å²) in [5.41, 5.74) is 2.27. The number of methoxy groups -OCH3 is 1. The van der Waals surface area contributed by atoms with E-state index in [1.807, 2.05) is 44.2 Å². The second-order valence-electron chi connectivity index (χ2n) is 7.25. The molecule has 29 heavy (non-hydrogen) atoms. The van der Waals surface area contributed by atoms with Crippen molar-refractivity contribution in [3.63, 3.8) is 0 Å². The van der Waals surface area contributed by atoms with Crippen molar-refractivity contribution >= 4 is 21.6 Å². The molecular formula is C22H23ClN2O3S. The molecule has 0 bridgehead atoms. The van der Waals surface area contributed by atoms with Crippen LogP contribution in [-0.2, 0) is 15.6 Å². The van der Waals surface area contributed by atoms with Crippen molar-refractivity contribution in [1.82, 2.24) is 9.71 Å². The first-order chi connectivity index (χ1) is 13.7.